The van der Waals surface area contributed by atoms with Gasteiger partial charge in [0.25, 0.3) is 5.91 Å². The van der Waals surface area contributed by atoms with Crippen molar-refractivity contribution >= 4 is 11.8 Å². The molecule has 3 fully saturated rings. The van der Waals surface area contributed by atoms with Gasteiger partial charge in [-0.25, -0.2) is 8.78 Å². The molecule has 4 rings (SSSR count). The highest BCUT2D eigenvalue weighted by molar-refractivity contribution is 5.94. The number of nitrogens with zero attached hydrogens (tertiary/aromatic N) is 3. The van der Waals surface area contributed by atoms with Crippen LogP contribution in [-0.2, 0) is 4.79 Å². The van der Waals surface area contributed by atoms with E-state index < -0.39 is 11.6 Å². The van der Waals surface area contributed by atoms with Gasteiger partial charge in [0.2, 0.25) is 5.91 Å². The maximum atomic E-state index is 13.6. The highest BCUT2D eigenvalue weighted by Gasteiger charge is 2.40. The number of benzene rings is 1. The smallest absolute Gasteiger partial charge is 0.254 e. The number of amides is 2. The van der Waals surface area contributed by atoms with E-state index >= 15 is 0 Å². The maximum Gasteiger partial charge on any atom is 0.254 e. The summed E-state index contributed by atoms with van der Waals surface area (Å²) in [5.74, 6) is -1.22. The monoisotopic (exact) mass is 433 g/mol. The van der Waals surface area contributed by atoms with Crippen molar-refractivity contribution in [3.63, 3.8) is 0 Å². The normalized spacial score (nSPS) is 24.4. The third-order valence-electron chi connectivity index (χ3n) is 7.29. The zero-order chi connectivity index (χ0) is 22.0. The molecule has 2 atom stereocenters. The van der Waals surface area contributed by atoms with Gasteiger partial charge in [-0.1, -0.05) is 12.8 Å². The standard InChI is InChI=1S/C24H33F2N3O2/c1-17-6-4-5-9-29(17)24(31)22(18-7-2-3-8-18)27-10-12-28(13-11-27)23(30)19-14-20(25)16-21(26)15-19/h14-18,22H,2-13H2,1H3. The number of halogens is 2. The summed E-state index contributed by atoms with van der Waals surface area (Å²) < 4.78 is 27.1. The molecule has 0 spiro atoms. The molecule has 1 aromatic rings. The molecule has 2 saturated heterocycles. The van der Waals surface area contributed by atoms with Crippen LogP contribution in [0, 0.1) is 17.6 Å². The van der Waals surface area contributed by atoms with Crippen LogP contribution in [0.1, 0.15) is 62.2 Å². The third-order valence-corrected chi connectivity index (χ3v) is 7.29. The molecular formula is C24H33F2N3O2. The minimum Gasteiger partial charge on any atom is -0.339 e. The second-order valence-electron chi connectivity index (χ2n) is 9.35. The Morgan fingerprint density at radius 3 is 2.10 bits per heavy atom. The van der Waals surface area contributed by atoms with E-state index in [2.05, 4.69) is 16.7 Å². The molecule has 2 unspecified atom stereocenters. The second kappa shape index (κ2) is 9.63. The summed E-state index contributed by atoms with van der Waals surface area (Å²) in [4.78, 5) is 32.4. The van der Waals surface area contributed by atoms with Gasteiger partial charge < -0.3 is 9.80 Å². The van der Waals surface area contributed by atoms with Crippen LogP contribution in [0.4, 0.5) is 8.78 Å². The van der Waals surface area contributed by atoms with Crippen LogP contribution in [-0.4, -0.2) is 71.3 Å². The molecule has 2 amide bonds. The average molecular weight is 434 g/mol. The summed E-state index contributed by atoms with van der Waals surface area (Å²) in [5.41, 5.74) is 0.0384. The van der Waals surface area contributed by atoms with E-state index in [0.717, 1.165) is 50.4 Å². The van der Waals surface area contributed by atoms with Crippen molar-refractivity contribution in [2.24, 2.45) is 5.92 Å². The van der Waals surface area contributed by atoms with Crippen molar-refractivity contribution < 1.29 is 18.4 Å². The lowest BCUT2D eigenvalue weighted by atomic mass is 9.92. The Morgan fingerprint density at radius 1 is 0.871 bits per heavy atom. The third kappa shape index (κ3) is 4.92. The molecule has 3 aliphatic rings. The van der Waals surface area contributed by atoms with Gasteiger partial charge in [0.05, 0.1) is 6.04 Å². The van der Waals surface area contributed by atoms with E-state index in [0.29, 0.717) is 32.1 Å². The Hall–Kier alpha value is -2.02. The van der Waals surface area contributed by atoms with Crippen molar-refractivity contribution in [3.05, 3.63) is 35.4 Å². The number of likely N-dealkylation sites (tertiary alicyclic amines) is 1. The lowest BCUT2D eigenvalue weighted by Gasteiger charge is -2.44. The van der Waals surface area contributed by atoms with Gasteiger partial charge >= 0.3 is 0 Å². The van der Waals surface area contributed by atoms with Crippen LogP contribution in [0.3, 0.4) is 0 Å². The van der Waals surface area contributed by atoms with Gasteiger partial charge in [0.15, 0.2) is 0 Å². The summed E-state index contributed by atoms with van der Waals surface area (Å²) in [6.45, 7) is 5.13. The molecule has 1 aliphatic carbocycles. The van der Waals surface area contributed by atoms with E-state index in [1.165, 1.54) is 19.3 Å². The van der Waals surface area contributed by atoms with Crippen molar-refractivity contribution in [2.75, 3.05) is 32.7 Å². The van der Waals surface area contributed by atoms with Gasteiger partial charge in [-0.15, -0.1) is 0 Å². The molecule has 2 heterocycles. The summed E-state index contributed by atoms with van der Waals surface area (Å²) >= 11 is 0. The number of piperidine rings is 1. The number of carbonyl (C=O) groups excluding carboxylic acids is 2. The highest BCUT2D eigenvalue weighted by Crippen LogP contribution is 2.33. The topological polar surface area (TPSA) is 43.9 Å². The zero-order valence-corrected chi connectivity index (χ0v) is 18.4. The molecular weight excluding hydrogens is 400 g/mol. The van der Waals surface area contributed by atoms with Gasteiger partial charge in [0.1, 0.15) is 11.6 Å². The summed E-state index contributed by atoms with van der Waals surface area (Å²) in [5, 5.41) is 0. The van der Waals surface area contributed by atoms with Crippen LogP contribution in [0.5, 0.6) is 0 Å². The molecule has 0 N–H and O–H groups in total. The van der Waals surface area contributed by atoms with E-state index in [-0.39, 0.29) is 29.5 Å². The average Bonchev–Trinajstić information content (AvgIpc) is 3.28. The van der Waals surface area contributed by atoms with Gasteiger partial charge in [0, 0.05) is 50.4 Å². The first-order valence-electron chi connectivity index (χ1n) is 11.7. The molecule has 0 bridgehead atoms. The van der Waals surface area contributed by atoms with Gasteiger partial charge in [-0.3, -0.25) is 14.5 Å². The maximum absolute atomic E-state index is 13.6. The highest BCUT2D eigenvalue weighted by atomic mass is 19.1. The Labute approximate surface area is 183 Å². The zero-order valence-electron chi connectivity index (χ0n) is 18.4. The first-order chi connectivity index (χ1) is 14.9. The Morgan fingerprint density at radius 2 is 1.48 bits per heavy atom. The van der Waals surface area contributed by atoms with Crippen molar-refractivity contribution in [1.29, 1.82) is 0 Å². The predicted octanol–water partition coefficient (Wildman–Crippen LogP) is 3.68. The van der Waals surface area contributed by atoms with E-state index in [1.807, 2.05) is 0 Å². The first kappa shape index (κ1) is 22.2. The van der Waals surface area contributed by atoms with Gasteiger partial charge in [-0.05, 0) is 57.1 Å². The predicted molar refractivity (Wildman–Crippen MR) is 115 cm³/mol. The Kier molecular flexibility index (Phi) is 6.89. The van der Waals surface area contributed by atoms with Gasteiger partial charge in [-0.2, -0.15) is 0 Å². The van der Waals surface area contributed by atoms with Crippen molar-refractivity contribution in [3.8, 4) is 0 Å². The summed E-state index contributed by atoms with van der Waals surface area (Å²) in [6, 6.07) is 3.11. The number of piperazine rings is 1. The SMILES string of the molecule is CC1CCCCN1C(=O)C(C1CCCC1)N1CCN(C(=O)c2cc(F)cc(F)c2)CC1. The number of rotatable bonds is 4. The minimum atomic E-state index is -0.746. The summed E-state index contributed by atoms with van der Waals surface area (Å²) in [6.07, 6.45) is 7.83. The fraction of sp³-hybridized carbons (Fsp3) is 0.667. The first-order valence-corrected chi connectivity index (χ1v) is 11.7. The van der Waals surface area contributed by atoms with Crippen LogP contribution < -0.4 is 0 Å². The molecule has 1 aromatic carbocycles. The number of hydrogen-bond acceptors (Lipinski definition) is 3. The summed E-state index contributed by atoms with van der Waals surface area (Å²) in [7, 11) is 0. The molecule has 0 aromatic heterocycles. The Bertz CT molecular complexity index is 784. The van der Waals surface area contributed by atoms with E-state index in [4.69, 9.17) is 0 Å². The van der Waals surface area contributed by atoms with E-state index in [1.54, 1.807) is 4.90 Å². The van der Waals surface area contributed by atoms with Crippen molar-refractivity contribution in [1.82, 2.24) is 14.7 Å². The quantitative estimate of drug-likeness (QED) is 0.728. The Balaban J connectivity index is 1.45. The molecule has 1 saturated carbocycles. The molecule has 0 radical (unpaired) electrons. The lowest BCUT2D eigenvalue weighted by Crippen LogP contribution is -2.60. The van der Waals surface area contributed by atoms with Crippen LogP contribution in [0.2, 0.25) is 0 Å². The second-order valence-corrected chi connectivity index (χ2v) is 9.35. The molecule has 7 heteroatoms. The van der Waals surface area contributed by atoms with E-state index in [9.17, 15) is 18.4 Å². The largest absolute Gasteiger partial charge is 0.339 e. The minimum absolute atomic E-state index is 0.0384. The van der Waals surface area contributed by atoms with Crippen molar-refractivity contribution in [2.45, 2.75) is 64.0 Å². The molecule has 5 nitrogen and oxygen atoms in total. The number of carbonyl (C=O) groups is 2. The van der Waals surface area contributed by atoms with Crippen LogP contribution in [0.15, 0.2) is 18.2 Å². The van der Waals surface area contributed by atoms with Crippen LogP contribution >= 0.6 is 0 Å². The fourth-order valence-corrected chi connectivity index (χ4v) is 5.59. The molecule has 170 valence electrons. The number of hydrogen-bond donors (Lipinski definition) is 0. The fourth-order valence-electron chi connectivity index (χ4n) is 5.59. The lowest BCUT2D eigenvalue weighted by molar-refractivity contribution is -0.143. The molecule has 31 heavy (non-hydrogen) atoms. The molecule has 2 aliphatic heterocycles. The van der Waals surface area contributed by atoms with Crippen LogP contribution in [0.25, 0.3) is 0 Å².